The highest BCUT2D eigenvalue weighted by Crippen LogP contribution is 2.02. The zero-order chi connectivity index (χ0) is 10.1. The number of rotatable bonds is 4. The lowest BCUT2D eigenvalue weighted by atomic mass is 10.2. The number of hydrogen-bond donors (Lipinski definition) is 1. The molecule has 1 aromatic rings. The molecule has 2 N–H and O–H groups in total. The van der Waals surface area contributed by atoms with Crippen molar-refractivity contribution in [2.45, 2.75) is 26.2 Å². The van der Waals surface area contributed by atoms with Crippen molar-refractivity contribution >= 4 is 0 Å². The maximum atomic E-state index is 5.33. The maximum absolute atomic E-state index is 5.33. The van der Waals surface area contributed by atoms with Crippen LogP contribution in [0.3, 0.4) is 0 Å². The van der Waals surface area contributed by atoms with Crippen molar-refractivity contribution < 1.29 is 4.42 Å². The van der Waals surface area contributed by atoms with Crippen LogP contribution >= 0.6 is 0 Å². The third-order valence-electron chi connectivity index (χ3n) is 1.41. The van der Waals surface area contributed by atoms with Crippen LogP contribution < -0.4 is 5.73 Å². The highest BCUT2D eigenvalue weighted by atomic mass is 16.4. The molecule has 0 bridgehead atoms. The van der Waals surface area contributed by atoms with Gasteiger partial charge in [0.1, 0.15) is 0 Å². The van der Waals surface area contributed by atoms with Crippen molar-refractivity contribution in [2.75, 3.05) is 6.54 Å². The van der Waals surface area contributed by atoms with Crippen molar-refractivity contribution in [3.8, 4) is 0 Å². The van der Waals surface area contributed by atoms with E-state index in [4.69, 9.17) is 10.2 Å². The molecule has 0 unspecified atom stereocenters. The molecular weight excluding hydrogens is 166 g/mol. The summed E-state index contributed by atoms with van der Waals surface area (Å²) in [4.78, 5) is 0. The molecule has 0 saturated heterocycles. The first-order valence-corrected chi connectivity index (χ1v) is 4.32. The number of hydrogen-bond acceptors (Lipinski definition) is 4. The SMILES string of the molecule is C=C.Cc1nnc(CCCCN)o1. The largest absolute Gasteiger partial charge is 0.426 e. The first-order chi connectivity index (χ1) is 6.33. The van der Waals surface area contributed by atoms with E-state index < -0.39 is 0 Å². The summed E-state index contributed by atoms with van der Waals surface area (Å²) < 4.78 is 5.17. The fourth-order valence-electron chi connectivity index (χ4n) is 0.859. The summed E-state index contributed by atoms with van der Waals surface area (Å²) in [5, 5.41) is 7.58. The van der Waals surface area contributed by atoms with Gasteiger partial charge in [0.15, 0.2) is 0 Å². The van der Waals surface area contributed by atoms with Crippen LogP contribution in [0, 0.1) is 6.92 Å². The van der Waals surface area contributed by atoms with Crippen molar-refractivity contribution in [3.05, 3.63) is 24.9 Å². The van der Waals surface area contributed by atoms with Gasteiger partial charge in [-0.2, -0.15) is 0 Å². The van der Waals surface area contributed by atoms with E-state index in [1.165, 1.54) is 0 Å². The molecule has 0 radical (unpaired) electrons. The Morgan fingerprint density at radius 1 is 1.31 bits per heavy atom. The van der Waals surface area contributed by atoms with Crippen LogP contribution in [0.2, 0.25) is 0 Å². The Kier molecular flexibility index (Phi) is 6.82. The van der Waals surface area contributed by atoms with Crippen LogP contribution in [-0.4, -0.2) is 16.7 Å². The maximum Gasteiger partial charge on any atom is 0.216 e. The number of nitrogens with two attached hydrogens (primary N) is 1. The summed E-state index contributed by atoms with van der Waals surface area (Å²) in [5.74, 6) is 1.35. The van der Waals surface area contributed by atoms with E-state index in [1.807, 2.05) is 0 Å². The Hall–Kier alpha value is -1.16. The van der Waals surface area contributed by atoms with Crippen molar-refractivity contribution in [1.29, 1.82) is 0 Å². The molecule has 4 nitrogen and oxygen atoms in total. The number of aromatic nitrogens is 2. The van der Waals surface area contributed by atoms with E-state index in [-0.39, 0.29) is 0 Å². The topological polar surface area (TPSA) is 64.9 Å². The third kappa shape index (κ3) is 5.14. The predicted molar refractivity (Wildman–Crippen MR) is 52.3 cm³/mol. The Morgan fingerprint density at radius 3 is 2.46 bits per heavy atom. The molecule has 1 heterocycles. The highest BCUT2D eigenvalue weighted by molar-refractivity contribution is 4.78. The van der Waals surface area contributed by atoms with Gasteiger partial charge in [0, 0.05) is 13.3 Å². The fourth-order valence-corrected chi connectivity index (χ4v) is 0.859. The molecule has 0 spiro atoms. The molecule has 13 heavy (non-hydrogen) atoms. The summed E-state index contributed by atoms with van der Waals surface area (Å²) in [7, 11) is 0. The van der Waals surface area contributed by atoms with Gasteiger partial charge in [-0.1, -0.05) is 0 Å². The van der Waals surface area contributed by atoms with Gasteiger partial charge < -0.3 is 10.2 Å². The Morgan fingerprint density at radius 2 is 2.00 bits per heavy atom. The molecule has 1 rings (SSSR count). The smallest absolute Gasteiger partial charge is 0.216 e. The van der Waals surface area contributed by atoms with Gasteiger partial charge in [0.2, 0.25) is 11.8 Å². The lowest BCUT2D eigenvalue weighted by Crippen LogP contribution is -1.98. The van der Waals surface area contributed by atoms with Gasteiger partial charge in [-0.25, -0.2) is 0 Å². The lowest BCUT2D eigenvalue weighted by Gasteiger charge is -1.91. The molecule has 0 atom stereocenters. The van der Waals surface area contributed by atoms with Gasteiger partial charge in [-0.3, -0.25) is 0 Å². The first-order valence-electron chi connectivity index (χ1n) is 4.32. The number of nitrogens with zero attached hydrogens (tertiary/aromatic N) is 2. The van der Waals surface area contributed by atoms with Crippen LogP contribution in [-0.2, 0) is 6.42 Å². The normalized spacial score (nSPS) is 9.08. The summed E-state index contributed by atoms with van der Waals surface area (Å²) in [6, 6.07) is 0. The second-order valence-corrected chi connectivity index (χ2v) is 2.46. The Labute approximate surface area is 78.8 Å². The highest BCUT2D eigenvalue weighted by Gasteiger charge is 1.99. The molecular formula is C9H17N3O. The van der Waals surface area contributed by atoms with Crippen molar-refractivity contribution in [3.63, 3.8) is 0 Å². The second kappa shape index (κ2) is 7.49. The Balaban J connectivity index is 0.000000671. The molecule has 0 fully saturated rings. The van der Waals surface area contributed by atoms with Crippen LogP contribution in [0.1, 0.15) is 24.6 Å². The van der Waals surface area contributed by atoms with Crippen LogP contribution in [0.25, 0.3) is 0 Å². The summed E-state index contributed by atoms with van der Waals surface area (Å²) in [5.41, 5.74) is 5.33. The molecule has 0 amide bonds. The first kappa shape index (κ1) is 11.8. The van der Waals surface area contributed by atoms with Gasteiger partial charge in [-0.05, 0) is 19.4 Å². The quantitative estimate of drug-likeness (QED) is 0.567. The van der Waals surface area contributed by atoms with Crippen molar-refractivity contribution in [1.82, 2.24) is 10.2 Å². The second-order valence-electron chi connectivity index (χ2n) is 2.46. The van der Waals surface area contributed by atoms with E-state index in [1.54, 1.807) is 6.92 Å². The fraction of sp³-hybridized carbons (Fsp3) is 0.556. The van der Waals surface area contributed by atoms with E-state index in [0.717, 1.165) is 31.7 Å². The van der Waals surface area contributed by atoms with E-state index in [0.29, 0.717) is 5.89 Å². The zero-order valence-corrected chi connectivity index (χ0v) is 8.12. The molecule has 0 aromatic carbocycles. The number of unbranched alkanes of at least 4 members (excludes halogenated alkanes) is 1. The standard InChI is InChI=1S/C7H13N3O.C2H4/c1-6-9-10-7(11-6)4-2-3-5-8;1-2/h2-5,8H2,1H3;1-2H2. The average Bonchev–Trinajstić information content (AvgIpc) is 2.56. The minimum Gasteiger partial charge on any atom is -0.426 e. The summed E-state index contributed by atoms with van der Waals surface area (Å²) in [6.07, 6.45) is 2.89. The van der Waals surface area contributed by atoms with Crippen LogP contribution in [0.15, 0.2) is 17.6 Å². The predicted octanol–water partition coefficient (Wildman–Crippen LogP) is 1.46. The molecule has 74 valence electrons. The Bertz CT molecular complexity index is 222. The molecule has 0 aliphatic carbocycles. The monoisotopic (exact) mass is 183 g/mol. The molecule has 1 aromatic heterocycles. The third-order valence-corrected chi connectivity index (χ3v) is 1.41. The summed E-state index contributed by atoms with van der Waals surface area (Å²) >= 11 is 0. The van der Waals surface area contributed by atoms with E-state index in [9.17, 15) is 0 Å². The van der Waals surface area contributed by atoms with Gasteiger partial charge >= 0.3 is 0 Å². The molecule has 0 aliphatic rings. The van der Waals surface area contributed by atoms with Crippen molar-refractivity contribution in [2.24, 2.45) is 5.73 Å². The minimum atomic E-state index is 0.632. The van der Waals surface area contributed by atoms with Crippen LogP contribution in [0.5, 0.6) is 0 Å². The molecule has 4 heteroatoms. The molecule has 0 aliphatic heterocycles. The number of aryl methyl sites for hydroxylation is 2. The average molecular weight is 183 g/mol. The van der Waals surface area contributed by atoms with Gasteiger partial charge in [0.05, 0.1) is 0 Å². The van der Waals surface area contributed by atoms with E-state index in [2.05, 4.69) is 23.4 Å². The minimum absolute atomic E-state index is 0.632. The van der Waals surface area contributed by atoms with Gasteiger partial charge in [-0.15, -0.1) is 23.4 Å². The zero-order valence-electron chi connectivity index (χ0n) is 8.12. The van der Waals surface area contributed by atoms with E-state index >= 15 is 0 Å². The lowest BCUT2D eigenvalue weighted by molar-refractivity contribution is 0.459. The van der Waals surface area contributed by atoms with Crippen LogP contribution in [0.4, 0.5) is 0 Å². The molecule has 0 saturated carbocycles. The van der Waals surface area contributed by atoms with Gasteiger partial charge in [0.25, 0.3) is 0 Å². The summed E-state index contributed by atoms with van der Waals surface area (Å²) in [6.45, 7) is 8.52.